The number of benzene rings is 2. The van der Waals surface area contributed by atoms with Crippen LogP contribution < -0.4 is 15.6 Å². The Morgan fingerprint density at radius 2 is 1.49 bits per heavy atom. The van der Waals surface area contributed by atoms with Crippen molar-refractivity contribution in [2.24, 2.45) is 0 Å². The van der Waals surface area contributed by atoms with Crippen molar-refractivity contribution in [3.8, 4) is 39.4 Å². The molecule has 6 rings (SSSR count). The number of aromatic nitrogens is 5. The summed E-state index contributed by atoms with van der Waals surface area (Å²) in [6, 6.07) is 28.4. The monoisotopic (exact) mass is 486 g/mol. The normalized spacial score (nSPS) is 10.9. The van der Waals surface area contributed by atoms with Gasteiger partial charge in [-0.1, -0.05) is 54.6 Å². The average molecular weight is 487 g/mol. The van der Waals surface area contributed by atoms with E-state index in [4.69, 9.17) is 9.72 Å². The van der Waals surface area contributed by atoms with E-state index in [1.165, 1.54) is 4.52 Å². The quantitative estimate of drug-likeness (QED) is 0.320. The Morgan fingerprint density at radius 3 is 2.16 bits per heavy atom. The average Bonchev–Trinajstić information content (AvgIpc) is 3.35. The zero-order valence-electron chi connectivity index (χ0n) is 19.9. The first kappa shape index (κ1) is 22.2. The number of nitrogens with zero attached hydrogens (tertiary/aromatic N) is 4. The predicted octanol–water partition coefficient (Wildman–Crippen LogP) is 5.57. The molecule has 0 amide bonds. The fraction of sp³-hybridized carbons (Fsp3) is 0.0345. The molecule has 8 nitrogen and oxygen atoms in total. The summed E-state index contributed by atoms with van der Waals surface area (Å²) in [4.78, 5) is 28.0. The highest BCUT2D eigenvalue weighted by molar-refractivity contribution is 5.91. The van der Waals surface area contributed by atoms with Gasteiger partial charge in [-0.15, -0.1) is 0 Å². The van der Waals surface area contributed by atoms with Crippen LogP contribution in [0.5, 0.6) is 5.75 Å². The van der Waals surface area contributed by atoms with Gasteiger partial charge in [-0.3, -0.25) is 14.9 Å². The second-order valence-electron chi connectivity index (χ2n) is 8.31. The molecule has 6 aromatic rings. The van der Waals surface area contributed by atoms with Gasteiger partial charge in [-0.2, -0.15) is 4.52 Å². The molecule has 0 aliphatic heterocycles. The smallest absolute Gasteiger partial charge is 0.282 e. The van der Waals surface area contributed by atoms with E-state index >= 15 is 0 Å². The fourth-order valence-corrected chi connectivity index (χ4v) is 4.31. The largest absolute Gasteiger partial charge is 0.497 e. The van der Waals surface area contributed by atoms with Gasteiger partial charge in [0.2, 0.25) is 0 Å². The summed E-state index contributed by atoms with van der Waals surface area (Å²) >= 11 is 0. The number of hydrogen-bond acceptors (Lipinski definition) is 6. The number of nitrogens with one attached hydrogen (secondary N) is 2. The van der Waals surface area contributed by atoms with Crippen LogP contribution in [0.4, 0.5) is 11.6 Å². The van der Waals surface area contributed by atoms with E-state index in [0.717, 1.165) is 11.1 Å². The SMILES string of the molecule is COc1ccc(-c2c(Nc3ccccn3)nc3c(-c4ccccc4)c(-c4ccccn4)[nH]n3c2=O)cc1. The van der Waals surface area contributed by atoms with Crippen molar-refractivity contribution < 1.29 is 4.74 Å². The molecule has 2 N–H and O–H groups in total. The van der Waals surface area contributed by atoms with Crippen LogP contribution >= 0.6 is 0 Å². The van der Waals surface area contributed by atoms with Crippen molar-refractivity contribution in [3.05, 3.63) is 114 Å². The Kier molecular flexibility index (Phi) is 5.67. The molecule has 4 aromatic heterocycles. The summed E-state index contributed by atoms with van der Waals surface area (Å²) < 4.78 is 6.79. The van der Waals surface area contributed by atoms with Crippen LogP contribution in [0.25, 0.3) is 39.3 Å². The van der Waals surface area contributed by atoms with Gasteiger partial charge in [0.05, 0.1) is 29.6 Å². The number of methoxy groups -OCH3 is 1. The number of aromatic amines is 1. The van der Waals surface area contributed by atoms with Crippen LogP contribution in [-0.4, -0.2) is 31.7 Å². The first-order valence-corrected chi connectivity index (χ1v) is 11.7. The summed E-state index contributed by atoms with van der Waals surface area (Å²) in [5.41, 5.74) is 4.42. The van der Waals surface area contributed by atoms with Gasteiger partial charge in [0.1, 0.15) is 17.4 Å². The molecule has 180 valence electrons. The van der Waals surface area contributed by atoms with Crippen molar-refractivity contribution in [2.75, 3.05) is 12.4 Å². The van der Waals surface area contributed by atoms with Gasteiger partial charge in [0.15, 0.2) is 5.65 Å². The third-order valence-corrected chi connectivity index (χ3v) is 6.05. The summed E-state index contributed by atoms with van der Waals surface area (Å²) in [6.45, 7) is 0. The maximum Gasteiger partial charge on any atom is 0.282 e. The van der Waals surface area contributed by atoms with Gasteiger partial charge >= 0.3 is 0 Å². The minimum Gasteiger partial charge on any atom is -0.497 e. The predicted molar refractivity (Wildman–Crippen MR) is 144 cm³/mol. The van der Waals surface area contributed by atoms with Crippen LogP contribution in [0.2, 0.25) is 0 Å². The molecule has 0 atom stereocenters. The molecule has 37 heavy (non-hydrogen) atoms. The molecule has 0 radical (unpaired) electrons. The molecular weight excluding hydrogens is 464 g/mol. The number of ether oxygens (including phenoxy) is 1. The number of pyridine rings is 2. The Labute approximate surface area is 212 Å². The highest BCUT2D eigenvalue weighted by atomic mass is 16.5. The minimum absolute atomic E-state index is 0.257. The van der Waals surface area contributed by atoms with Crippen molar-refractivity contribution in [3.63, 3.8) is 0 Å². The zero-order chi connectivity index (χ0) is 25.2. The first-order valence-electron chi connectivity index (χ1n) is 11.7. The van der Waals surface area contributed by atoms with Crippen molar-refractivity contribution in [2.45, 2.75) is 0 Å². The van der Waals surface area contributed by atoms with E-state index in [0.29, 0.717) is 45.5 Å². The lowest BCUT2D eigenvalue weighted by Crippen LogP contribution is -2.19. The van der Waals surface area contributed by atoms with Gasteiger partial charge in [0, 0.05) is 12.4 Å². The molecule has 4 heterocycles. The Bertz CT molecular complexity index is 1730. The second-order valence-corrected chi connectivity index (χ2v) is 8.31. The number of rotatable bonds is 6. The van der Waals surface area contributed by atoms with Crippen molar-refractivity contribution >= 4 is 17.3 Å². The maximum atomic E-state index is 14.1. The highest BCUT2D eigenvalue weighted by Gasteiger charge is 2.23. The standard InChI is InChI=1S/C29H22N6O2/c1-37-21-15-13-20(14-16-21)25-27(32-23-12-6-8-18-31-23)33-28-24(19-9-3-2-4-10-19)26(34-35(28)29(25)36)22-11-5-7-17-30-22/h2-18,34H,1H3,(H,31,32). The summed E-state index contributed by atoms with van der Waals surface area (Å²) in [7, 11) is 1.61. The fourth-order valence-electron chi connectivity index (χ4n) is 4.31. The van der Waals surface area contributed by atoms with E-state index < -0.39 is 0 Å². The number of hydrogen-bond donors (Lipinski definition) is 2. The topological polar surface area (TPSA) is 97.2 Å². The molecule has 0 saturated carbocycles. The molecule has 0 aliphatic rings. The Hall–Kier alpha value is -5.24. The molecule has 0 saturated heterocycles. The minimum atomic E-state index is -0.257. The molecule has 0 spiro atoms. The summed E-state index contributed by atoms with van der Waals surface area (Å²) in [5.74, 6) is 1.67. The highest BCUT2D eigenvalue weighted by Crippen LogP contribution is 2.35. The third kappa shape index (κ3) is 4.10. The van der Waals surface area contributed by atoms with E-state index in [2.05, 4.69) is 20.4 Å². The van der Waals surface area contributed by atoms with E-state index in [1.54, 1.807) is 19.5 Å². The van der Waals surface area contributed by atoms with Crippen molar-refractivity contribution in [1.29, 1.82) is 0 Å². The third-order valence-electron chi connectivity index (χ3n) is 6.05. The van der Waals surface area contributed by atoms with E-state index in [-0.39, 0.29) is 5.56 Å². The molecule has 0 unspecified atom stereocenters. The van der Waals surface area contributed by atoms with Crippen LogP contribution in [0.3, 0.4) is 0 Å². The summed E-state index contributed by atoms with van der Waals surface area (Å²) in [5, 5.41) is 6.55. The van der Waals surface area contributed by atoms with Gasteiger partial charge in [-0.25, -0.2) is 9.97 Å². The molecular formula is C29H22N6O2. The molecule has 2 aromatic carbocycles. The number of fused-ring (bicyclic) bond motifs is 1. The maximum absolute atomic E-state index is 14.1. The Morgan fingerprint density at radius 1 is 0.784 bits per heavy atom. The second kappa shape index (κ2) is 9.43. The Balaban J connectivity index is 1.67. The van der Waals surface area contributed by atoms with Gasteiger partial charge < -0.3 is 10.1 Å². The number of anilines is 2. The van der Waals surface area contributed by atoms with E-state index in [9.17, 15) is 4.79 Å². The van der Waals surface area contributed by atoms with Crippen LogP contribution in [0.1, 0.15) is 0 Å². The zero-order valence-corrected chi connectivity index (χ0v) is 19.9. The van der Waals surface area contributed by atoms with E-state index in [1.807, 2.05) is 91.0 Å². The molecule has 8 heteroatoms. The first-order chi connectivity index (χ1) is 18.2. The molecule has 0 bridgehead atoms. The molecule has 0 aliphatic carbocycles. The lowest BCUT2D eigenvalue weighted by Gasteiger charge is -2.12. The number of H-pyrrole nitrogens is 1. The summed E-state index contributed by atoms with van der Waals surface area (Å²) in [6.07, 6.45) is 3.41. The van der Waals surface area contributed by atoms with Crippen LogP contribution in [0.15, 0.2) is 108 Å². The van der Waals surface area contributed by atoms with Crippen molar-refractivity contribution in [1.82, 2.24) is 24.6 Å². The van der Waals surface area contributed by atoms with Gasteiger partial charge in [0.25, 0.3) is 5.56 Å². The van der Waals surface area contributed by atoms with Crippen LogP contribution in [0, 0.1) is 0 Å². The molecule has 0 fully saturated rings. The van der Waals surface area contributed by atoms with Crippen LogP contribution in [-0.2, 0) is 0 Å². The lowest BCUT2D eigenvalue weighted by molar-refractivity contribution is 0.415. The van der Waals surface area contributed by atoms with Gasteiger partial charge in [-0.05, 0) is 47.5 Å². The lowest BCUT2D eigenvalue weighted by atomic mass is 10.0.